The summed E-state index contributed by atoms with van der Waals surface area (Å²) in [6.45, 7) is 0.706. The Balaban J connectivity index is 1.79. The van der Waals surface area contributed by atoms with Gasteiger partial charge in [-0.15, -0.1) is 0 Å². The molecule has 1 aliphatic heterocycles. The molecule has 4 rings (SSSR count). The van der Waals surface area contributed by atoms with Crippen molar-refractivity contribution < 1.29 is 4.79 Å². The predicted octanol–water partition coefficient (Wildman–Crippen LogP) is 4.61. The van der Waals surface area contributed by atoms with Crippen LogP contribution in [0.15, 0.2) is 42.6 Å². The maximum absolute atomic E-state index is 12.8. The lowest BCUT2D eigenvalue weighted by atomic mass is 9.95. The van der Waals surface area contributed by atoms with Crippen LogP contribution in [0.3, 0.4) is 0 Å². The number of fused-ring (bicyclic) bond motifs is 1. The molecule has 20 heavy (non-hydrogen) atoms. The van der Waals surface area contributed by atoms with Crippen LogP contribution in [0.1, 0.15) is 22.0 Å². The largest absolute Gasteiger partial charge is 0.344 e. The monoisotopic (exact) mass is 413 g/mol. The fourth-order valence-electron chi connectivity index (χ4n) is 3.41. The van der Waals surface area contributed by atoms with Gasteiger partial charge >= 0.3 is 0 Å². The Morgan fingerprint density at radius 2 is 1.90 bits per heavy atom. The molecule has 1 aliphatic carbocycles. The van der Waals surface area contributed by atoms with Crippen LogP contribution in [-0.2, 0) is 6.54 Å². The molecule has 2 aliphatic rings. The van der Waals surface area contributed by atoms with E-state index in [1.807, 2.05) is 47.2 Å². The third-order valence-corrected chi connectivity index (χ3v) is 7.04. The van der Waals surface area contributed by atoms with Gasteiger partial charge in [0.05, 0.1) is 11.1 Å². The molecule has 0 radical (unpaired) electrons. The van der Waals surface area contributed by atoms with Gasteiger partial charge in [0.15, 0.2) is 5.78 Å². The van der Waals surface area contributed by atoms with Gasteiger partial charge < -0.3 is 4.57 Å². The van der Waals surface area contributed by atoms with E-state index in [1.165, 1.54) is 0 Å². The number of alkyl halides is 2. The summed E-state index contributed by atoms with van der Waals surface area (Å²) in [5.74, 6) is 0.316. The highest BCUT2D eigenvalue weighted by Gasteiger charge is 2.80. The molecule has 1 aromatic carbocycles. The fourth-order valence-corrected chi connectivity index (χ4v) is 5.69. The quantitative estimate of drug-likeness (QED) is 0.624. The highest BCUT2D eigenvalue weighted by atomic mass is 79.9. The van der Waals surface area contributed by atoms with Gasteiger partial charge in [-0.25, -0.2) is 0 Å². The molecule has 1 saturated carbocycles. The number of ketones is 1. The average Bonchev–Trinajstić information content (AvgIpc) is 2.74. The van der Waals surface area contributed by atoms with Crippen LogP contribution in [0, 0.1) is 5.41 Å². The van der Waals surface area contributed by atoms with E-state index in [1.54, 1.807) is 0 Å². The zero-order valence-electron chi connectivity index (χ0n) is 10.3. The number of rotatable bonds is 1. The summed E-state index contributed by atoms with van der Waals surface area (Å²) in [7, 11) is 0. The molecule has 0 unspecified atom stereocenters. The Bertz CT molecular complexity index is 722. The van der Waals surface area contributed by atoms with E-state index in [-0.39, 0.29) is 14.9 Å². The van der Waals surface area contributed by atoms with Crippen molar-refractivity contribution >= 4 is 49.2 Å². The van der Waals surface area contributed by atoms with Gasteiger partial charge in [-0.2, -0.15) is 0 Å². The van der Waals surface area contributed by atoms with Crippen molar-refractivity contribution in [2.24, 2.45) is 5.41 Å². The predicted molar refractivity (Wildman–Crippen MR) is 86.0 cm³/mol. The van der Waals surface area contributed by atoms with Crippen molar-refractivity contribution in [2.75, 3.05) is 0 Å². The number of benzene rings is 1. The van der Waals surface area contributed by atoms with Gasteiger partial charge in [0, 0.05) is 23.7 Å². The topological polar surface area (TPSA) is 22.0 Å². The molecule has 2 aromatic rings. The standard InChI is InChI=1S/C15H10Br2ClNO/c16-15(17)12(9-3-5-10(18)6-4-9)14(15)8-19-7-1-2-11(19)13(14)20/h1-7,12H,8H2/t12-,14+/m1/s1. The molecular weight excluding hydrogens is 405 g/mol. The second kappa shape index (κ2) is 3.99. The first-order valence-corrected chi connectivity index (χ1v) is 8.28. The zero-order chi connectivity index (χ0) is 14.1. The lowest BCUT2D eigenvalue weighted by Crippen LogP contribution is -2.18. The molecule has 0 saturated heterocycles. The summed E-state index contributed by atoms with van der Waals surface area (Å²) in [6.07, 6.45) is 1.97. The van der Waals surface area contributed by atoms with E-state index in [0.717, 1.165) is 11.3 Å². The molecule has 2 nitrogen and oxygen atoms in total. The van der Waals surface area contributed by atoms with Gasteiger partial charge in [-0.1, -0.05) is 55.6 Å². The molecule has 2 atom stereocenters. The van der Waals surface area contributed by atoms with Crippen LogP contribution in [0.2, 0.25) is 5.02 Å². The van der Waals surface area contributed by atoms with Crippen molar-refractivity contribution in [3.8, 4) is 0 Å². The lowest BCUT2D eigenvalue weighted by Gasteiger charge is -2.07. The molecule has 1 fully saturated rings. The minimum absolute atomic E-state index is 0.111. The normalized spacial score (nSPS) is 29.8. The van der Waals surface area contributed by atoms with Gasteiger partial charge in [0.25, 0.3) is 0 Å². The maximum atomic E-state index is 12.8. The Morgan fingerprint density at radius 3 is 2.55 bits per heavy atom. The van der Waals surface area contributed by atoms with Crippen molar-refractivity contribution in [1.82, 2.24) is 4.57 Å². The Kier molecular flexibility index (Phi) is 2.62. The number of nitrogens with zero attached hydrogens (tertiary/aromatic N) is 1. The maximum Gasteiger partial charge on any atom is 0.190 e. The summed E-state index contributed by atoms with van der Waals surface area (Å²) in [4.78, 5) is 12.8. The number of carbonyl (C=O) groups excluding carboxylic acids is 1. The van der Waals surface area contributed by atoms with Gasteiger partial charge in [-0.05, 0) is 29.8 Å². The fraction of sp³-hybridized carbons (Fsp3) is 0.267. The van der Waals surface area contributed by atoms with Crippen LogP contribution in [-0.4, -0.2) is 13.6 Å². The smallest absolute Gasteiger partial charge is 0.190 e. The zero-order valence-corrected chi connectivity index (χ0v) is 14.2. The number of carbonyl (C=O) groups is 1. The number of hydrogen-bond donors (Lipinski definition) is 0. The second-order valence-corrected chi connectivity index (χ2v) is 9.43. The molecule has 0 amide bonds. The van der Waals surface area contributed by atoms with E-state index in [2.05, 4.69) is 31.9 Å². The van der Waals surface area contributed by atoms with Gasteiger partial charge in [0.1, 0.15) is 3.23 Å². The molecule has 1 spiro atoms. The van der Waals surface area contributed by atoms with Crippen molar-refractivity contribution in [1.29, 1.82) is 0 Å². The minimum atomic E-state index is -0.433. The van der Waals surface area contributed by atoms with Crippen molar-refractivity contribution in [3.63, 3.8) is 0 Å². The Morgan fingerprint density at radius 1 is 1.20 bits per heavy atom. The molecule has 0 N–H and O–H groups in total. The molecule has 1 aromatic heterocycles. The first-order chi connectivity index (χ1) is 9.48. The average molecular weight is 416 g/mol. The van der Waals surface area contributed by atoms with E-state index in [4.69, 9.17) is 11.6 Å². The number of aromatic nitrogens is 1. The van der Waals surface area contributed by atoms with Crippen molar-refractivity contribution in [3.05, 3.63) is 58.9 Å². The molecule has 2 heterocycles. The van der Waals surface area contributed by atoms with Gasteiger partial charge in [-0.3, -0.25) is 4.79 Å². The summed E-state index contributed by atoms with van der Waals surface area (Å²) in [6, 6.07) is 11.6. The van der Waals surface area contributed by atoms with Gasteiger partial charge in [0.2, 0.25) is 0 Å². The first kappa shape index (κ1) is 13.1. The minimum Gasteiger partial charge on any atom is -0.344 e. The van der Waals surface area contributed by atoms with Crippen LogP contribution < -0.4 is 0 Å². The third-order valence-electron chi connectivity index (χ3n) is 4.46. The van der Waals surface area contributed by atoms with Crippen molar-refractivity contribution in [2.45, 2.75) is 15.7 Å². The number of Topliss-reactive ketones (excluding diaryl/α,β-unsaturated/α-hetero) is 1. The van der Waals surface area contributed by atoms with Crippen LogP contribution in [0.25, 0.3) is 0 Å². The lowest BCUT2D eigenvalue weighted by molar-refractivity contribution is 0.0914. The molecular formula is C15H10Br2ClNO. The third kappa shape index (κ3) is 1.42. The van der Waals surface area contributed by atoms with Crippen LogP contribution in [0.5, 0.6) is 0 Å². The summed E-state index contributed by atoms with van der Waals surface area (Å²) >= 11 is 13.4. The highest BCUT2D eigenvalue weighted by molar-refractivity contribution is 9.25. The Hall–Kier alpha value is -0.580. The molecule has 102 valence electrons. The van der Waals surface area contributed by atoms with E-state index < -0.39 is 5.41 Å². The highest BCUT2D eigenvalue weighted by Crippen LogP contribution is 2.78. The van der Waals surface area contributed by atoms with E-state index in [0.29, 0.717) is 11.6 Å². The second-order valence-electron chi connectivity index (χ2n) is 5.43. The first-order valence-electron chi connectivity index (χ1n) is 6.32. The van der Waals surface area contributed by atoms with E-state index in [9.17, 15) is 4.79 Å². The molecule has 0 bridgehead atoms. The van der Waals surface area contributed by atoms with Crippen LogP contribution in [0.4, 0.5) is 0 Å². The number of halogens is 3. The summed E-state index contributed by atoms with van der Waals surface area (Å²) in [5.41, 5.74) is 1.49. The summed E-state index contributed by atoms with van der Waals surface area (Å²) in [5, 5.41) is 0.710. The van der Waals surface area contributed by atoms with E-state index >= 15 is 0 Å². The Labute approximate surface area is 138 Å². The molecule has 5 heteroatoms. The van der Waals surface area contributed by atoms with Crippen LogP contribution >= 0.6 is 43.5 Å². The number of hydrogen-bond acceptors (Lipinski definition) is 1. The summed E-state index contributed by atoms with van der Waals surface area (Å²) < 4.78 is 1.66. The SMILES string of the molecule is O=C1c2cccn2C[C@]12[C@@H](c1ccc(Cl)cc1)C2(Br)Br.